The first-order valence-corrected chi connectivity index (χ1v) is 6.67. The molecule has 1 N–H and O–H groups in total. The van der Waals surface area contributed by atoms with Crippen LogP contribution in [0.4, 0.5) is 0 Å². The van der Waals surface area contributed by atoms with Crippen molar-refractivity contribution < 1.29 is 9.47 Å². The predicted octanol–water partition coefficient (Wildman–Crippen LogP) is 2.10. The summed E-state index contributed by atoms with van der Waals surface area (Å²) >= 11 is 0. The zero-order chi connectivity index (χ0) is 11.4. The van der Waals surface area contributed by atoms with Gasteiger partial charge in [-0.1, -0.05) is 0 Å². The Balaban J connectivity index is 1.64. The molecule has 3 unspecified atom stereocenters. The third-order valence-corrected chi connectivity index (χ3v) is 3.77. The van der Waals surface area contributed by atoms with E-state index in [2.05, 4.69) is 19.2 Å². The van der Waals surface area contributed by atoms with Gasteiger partial charge in [-0.25, -0.2) is 0 Å². The molecule has 0 spiro atoms. The van der Waals surface area contributed by atoms with Crippen molar-refractivity contribution in [2.75, 3.05) is 19.8 Å². The molecule has 0 aromatic carbocycles. The number of hydrogen-bond acceptors (Lipinski definition) is 3. The van der Waals surface area contributed by atoms with Gasteiger partial charge in [0.15, 0.2) is 0 Å². The minimum absolute atomic E-state index is 0.0742. The predicted molar refractivity (Wildman–Crippen MR) is 64.6 cm³/mol. The van der Waals surface area contributed by atoms with Crippen LogP contribution >= 0.6 is 0 Å². The van der Waals surface area contributed by atoms with Crippen LogP contribution in [-0.2, 0) is 9.47 Å². The maximum atomic E-state index is 5.77. The van der Waals surface area contributed by atoms with Crippen molar-refractivity contribution in [3.8, 4) is 0 Å². The summed E-state index contributed by atoms with van der Waals surface area (Å²) in [7, 11) is 0. The van der Waals surface area contributed by atoms with E-state index in [0.717, 1.165) is 26.2 Å². The van der Waals surface area contributed by atoms with Crippen molar-refractivity contribution in [3.63, 3.8) is 0 Å². The van der Waals surface area contributed by atoms with Gasteiger partial charge in [0, 0.05) is 25.8 Å². The molecule has 3 atom stereocenters. The molecular formula is C13H25NO2. The zero-order valence-corrected chi connectivity index (χ0v) is 10.6. The molecule has 2 saturated heterocycles. The third-order valence-electron chi connectivity index (χ3n) is 3.77. The normalized spacial score (nSPS) is 36.8. The maximum absolute atomic E-state index is 5.77. The summed E-state index contributed by atoms with van der Waals surface area (Å²) in [6.07, 6.45) is 6.48. The first-order chi connectivity index (χ1) is 7.68. The van der Waals surface area contributed by atoms with Gasteiger partial charge < -0.3 is 14.8 Å². The van der Waals surface area contributed by atoms with E-state index in [-0.39, 0.29) is 5.60 Å². The van der Waals surface area contributed by atoms with E-state index in [0.29, 0.717) is 12.1 Å². The highest BCUT2D eigenvalue weighted by Crippen LogP contribution is 2.24. The monoisotopic (exact) mass is 227 g/mol. The average molecular weight is 227 g/mol. The minimum atomic E-state index is 0.0742. The van der Waals surface area contributed by atoms with Crippen LogP contribution in [0.3, 0.4) is 0 Å². The van der Waals surface area contributed by atoms with Crippen LogP contribution in [0.25, 0.3) is 0 Å². The standard InChI is InChI=1S/C13H25NO2/c1-11(9-12-5-3-7-15-12)14-10-13(2)6-4-8-16-13/h11-12,14H,3-10H2,1-2H3. The molecule has 0 aromatic heterocycles. The Hall–Kier alpha value is -0.120. The lowest BCUT2D eigenvalue weighted by Gasteiger charge is -2.26. The van der Waals surface area contributed by atoms with Crippen LogP contribution in [0.2, 0.25) is 0 Å². The molecule has 2 aliphatic heterocycles. The largest absolute Gasteiger partial charge is 0.378 e. The van der Waals surface area contributed by atoms with Crippen molar-refractivity contribution >= 4 is 0 Å². The lowest BCUT2D eigenvalue weighted by Crippen LogP contribution is -2.42. The van der Waals surface area contributed by atoms with Crippen LogP contribution in [0.1, 0.15) is 46.0 Å². The SMILES string of the molecule is CC(CC1CCCO1)NCC1(C)CCCO1. The van der Waals surface area contributed by atoms with Crippen LogP contribution in [0.5, 0.6) is 0 Å². The van der Waals surface area contributed by atoms with Crippen LogP contribution in [-0.4, -0.2) is 37.5 Å². The Bertz CT molecular complexity index is 208. The Morgan fingerprint density at radius 3 is 2.88 bits per heavy atom. The fourth-order valence-electron chi connectivity index (χ4n) is 2.67. The summed E-state index contributed by atoms with van der Waals surface area (Å²) in [6.45, 7) is 7.32. The van der Waals surface area contributed by atoms with Gasteiger partial charge in [0.2, 0.25) is 0 Å². The van der Waals surface area contributed by atoms with Gasteiger partial charge in [-0.05, 0) is 46.0 Å². The van der Waals surface area contributed by atoms with Crippen LogP contribution in [0, 0.1) is 0 Å². The third kappa shape index (κ3) is 3.44. The molecule has 0 radical (unpaired) electrons. The lowest BCUT2D eigenvalue weighted by atomic mass is 10.0. The summed E-state index contributed by atoms with van der Waals surface area (Å²) in [5.41, 5.74) is 0.0742. The molecule has 3 heteroatoms. The average Bonchev–Trinajstić information content (AvgIpc) is 2.88. The second-order valence-corrected chi connectivity index (χ2v) is 5.55. The van der Waals surface area contributed by atoms with E-state index < -0.39 is 0 Å². The second-order valence-electron chi connectivity index (χ2n) is 5.55. The molecule has 16 heavy (non-hydrogen) atoms. The number of hydrogen-bond donors (Lipinski definition) is 1. The van der Waals surface area contributed by atoms with Crippen LogP contribution in [0.15, 0.2) is 0 Å². The Kier molecular flexibility index (Phi) is 4.22. The maximum Gasteiger partial charge on any atom is 0.0779 e. The summed E-state index contributed by atoms with van der Waals surface area (Å²) < 4.78 is 11.4. The first-order valence-electron chi connectivity index (χ1n) is 6.67. The molecular weight excluding hydrogens is 202 g/mol. The van der Waals surface area contributed by atoms with Crippen molar-refractivity contribution in [1.29, 1.82) is 0 Å². The summed E-state index contributed by atoms with van der Waals surface area (Å²) in [5, 5.41) is 3.59. The topological polar surface area (TPSA) is 30.5 Å². The van der Waals surface area contributed by atoms with Gasteiger partial charge in [0.25, 0.3) is 0 Å². The smallest absolute Gasteiger partial charge is 0.0779 e. The van der Waals surface area contributed by atoms with Crippen molar-refractivity contribution in [2.45, 2.75) is 63.7 Å². The Morgan fingerprint density at radius 1 is 1.38 bits per heavy atom. The Labute approximate surface area is 98.9 Å². The van der Waals surface area contributed by atoms with Crippen LogP contribution < -0.4 is 5.32 Å². The second kappa shape index (κ2) is 5.48. The van der Waals surface area contributed by atoms with Gasteiger partial charge in [-0.2, -0.15) is 0 Å². The number of rotatable bonds is 5. The molecule has 0 aromatic rings. The summed E-state index contributed by atoms with van der Waals surface area (Å²) in [4.78, 5) is 0. The van der Waals surface area contributed by atoms with Gasteiger partial charge >= 0.3 is 0 Å². The number of nitrogens with one attached hydrogen (secondary N) is 1. The van der Waals surface area contributed by atoms with E-state index in [4.69, 9.17) is 9.47 Å². The highest BCUT2D eigenvalue weighted by atomic mass is 16.5. The molecule has 94 valence electrons. The molecule has 3 nitrogen and oxygen atoms in total. The van der Waals surface area contributed by atoms with E-state index in [9.17, 15) is 0 Å². The fraction of sp³-hybridized carbons (Fsp3) is 1.00. The molecule has 2 fully saturated rings. The molecule has 2 rings (SSSR count). The molecule has 2 aliphatic rings. The van der Waals surface area contributed by atoms with Gasteiger partial charge in [-0.15, -0.1) is 0 Å². The van der Waals surface area contributed by atoms with Crippen molar-refractivity contribution in [1.82, 2.24) is 5.32 Å². The van der Waals surface area contributed by atoms with E-state index in [1.54, 1.807) is 0 Å². The van der Waals surface area contributed by atoms with Crippen molar-refractivity contribution in [2.24, 2.45) is 0 Å². The first kappa shape index (κ1) is 12.3. The van der Waals surface area contributed by atoms with Gasteiger partial charge in [0.05, 0.1) is 11.7 Å². The van der Waals surface area contributed by atoms with Crippen molar-refractivity contribution in [3.05, 3.63) is 0 Å². The molecule has 0 bridgehead atoms. The highest BCUT2D eigenvalue weighted by molar-refractivity contribution is 4.84. The van der Waals surface area contributed by atoms with E-state index in [1.165, 1.54) is 25.7 Å². The molecule has 0 aliphatic carbocycles. The molecule has 0 amide bonds. The zero-order valence-electron chi connectivity index (χ0n) is 10.6. The quantitative estimate of drug-likeness (QED) is 0.780. The van der Waals surface area contributed by atoms with E-state index >= 15 is 0 Å². The summed E-state index contributed by atoms with van der Waals surface area (Å²) in [6, 6.07) is 0.532. The molecule has 2 heterocycles. The highest BCUT2D eigenvalue weighted by Gasteiger charge is 2.30. The van der Waals surface area contributed by atoms with E-state index in [1.807, 2.05) is 0 Å². The summed E-state index contributed by atoms with van der Waals surface area (Å²) in [5.74, 6) is 0. The lowest BCUT2D eigenvalue weighted by molar-refractivity contribution is 0.0170. The Morgan fingerprint density at radius 2 is 2.25 bits per heavy atom. The molecule has 0 saturated carbocycles. The number of ether oxygens (including phenoxy) is 2. The fourth-order valence-corrected chi connectivity index (χ4v) is 2.67. The van der Waals surface area contributed by atoms with Gasteiger partial charge in [-0.3, -0.25) is 0 Å². The van der Waals surface area contributed by atoms with Gasteiger partial charge in [0.1, 0.15) is 0 Å². The minimum Gasteiger partial charge on any atom is -0.378 e.